The summed E-state index contributed by atoms with van der Waals surface area (Å²) in [5, 5.41) is 4.91. The summed E-state index contributed by atoms with van der Waals surface area (Å²) >= 11 is 6.00. The third-order valence-electron chi connectivity index (χ3n) is 2.72. The molecule has 3 nitrogen and oxygen atoms in total. The molecule has 0 saturated heterocycles. The highest BCUT2D eigenvalue weighted by Crippen LogP contribution is 2.24. The molecule has 0 radical (unpaired) electrons. The van der Waals surface area contributed by atoms with E-state index in [9.17, 15) is 0 Å². The van der Waals surface area contributed by atoms with Crippen molar-refractivity contribution in [3.63, 3.8) is 0 Å². The van der Waals surface area contributed by atoms with Crippen molar-refractivity contribution in [1.29, 1.82) is 0 Å². The quantitative estimate of drug-likeness (QED) is 0.770. The molecular formula is C13H26ClN3. The third kappa shape index (κ3) is 4.00. The Kier molecular flexibility index (Phi) is 8.26. The first-order valence-electron chi connectivity index (χ1n) is 6.65. The lowest BCUT2D eigenvalue weighted by molar-refractivity contribution is 0.260. The monoisotopic (exact) mass is 259 g/mol. The zero-order valence-corrected chi connectivity index (χ0v) is 12.8. The van der Waals surface area contributed by atoms with Crippen LogP contribution in [0.2, 0.25) is 5.15 Å². The lowest BCUT2D eigenvalue weighted by atomic mass is 10.1. The highest BCUT2D eigenvalue weighted by molar-refractivity contribution is 6.30. The molecule has 1 aromatic rings. The van der Waals surface area contributed by atoms with Gasteiger partial charge < -0.3 is 0 Å². The van der Waals surface area contributed by atoms with Crippen molar-refractivity contribution in [2.75, 3.05) is 13.1 Å². The Morgan fingerprint density at radius 1 is 1.24 bits per heavy atom. The van der Waals surface area contributed by atoms with E-state index >= 15 is 0 Å². The maximum Gasteiger partial charge on any atom is 0.154 e. The predicted molar refractivity (Wildman–Crippen MR) is 75.6 cm³/mol. The SMILES string of the molecule is CC.CC.CCN1CCc2c(Cl)nn(C)c2C1. The number of fused-ring (bicyclic) bond motifs is 1. The van der Waals surface area contributed by atoms with Gasteiger partial charge in [0.2, 0.25) is 0 Å². The Labute approximate surface area is 111 Å². The molecule has 0 spiro atoms. The lowest BCUT2D eigenvalue weighted by Gasteiger charge is -2.25. The van der Waals surface area contributed by atoms with Crippen molar-refractivity contribution in [2.24, 2.45) is 7.05 Å². The Morgan fingerprint density at radius 2 is 1.82 bits per heavy atom. The van der Waals surface area contributed by atoms with Crippen LogP contribution in [0.25, 0.3) is 0 Å². The molecule has 4 heteroatoms. The fourth-order valence-electron chi connectivity index (χ4n) is 1.84. The first-order chi connectivity index (χ1) is 8.22. The van der Waals surface area contributed by atoms with Crippen LogP contribution >= 0.6 is 11.6 Å². The maximum absolute atomic E-state index is 6.00. The van der Waals surface area contributed by atoms with Crippen molar-refractivity contribution in [3.05, 3.63) is 16.4 Å². The Bertz CT molecular complexity index is 321. The summed E-state index contributed by atoms with van der Waals surface area (Å²) in [6, 6.07) is 0. The summed E-state index contributed by atoms with van der Waals surface area (Å²) in [6.07, 6.45) is 1.04. The molecule has 0 amide bonds. The molecule has 1 aromatic heterocycles. The topological polar surface area (TPSA) is 21.1 Å². The summed E-state index contributed by atoms with van der Waals surface area (Å²) in [5.74, 6) is 0. The molecule has 0 aliphatic carbocycles. The summed E-state index contributed by atoms with van der Waals surface area (Å²) in [4.78, 5) is 2.40. The number of nitrogens with zero attached hydrogens (tertiary/aromatic N) is 3. The molecule has 0 saturated carbocycles. The Morgan fingerprint density at radius 3 is 2.35 bits per heavy atom. The van der Waals surface area contributed by atoms with Gasteiger partial charge in [0, 0.05) is 25.7 Å². The molecule has 1 aliphatic heterocycles. The predicted octanol–water partition coefficient (Wildman–Crippen LogP) is 3.50. The normalized spacial score (nSPS) is 14.1. The smallest absolute Gasteiger partial charge is 0.154 e. The van der Waals surface area contributed by atoms with Gasteiger partial charge in [-0.05, 0) is 13.0 Å². The zero-order valence-electron chi connectivity index (χ0n) is 12.0. The van der Waals surface area contributed by atoms with Gasteiger partial charge in [-0.15, -0.1) is 0 Å². The van der Waals surface area contributed by atoms with Gasteiger partial charge in [-0.3, -0.25) is 9.58 Å². The molecular weight excluding hydrogens is 234 g/mol. The van der Waals surface area contributed by atoms with Crippen LogP contribution < -0.4 is 0 Å². The molecule has 0 aromatic carbocycles. The minimum absolute atomic E-state index is 0.688. The number of likely N-dealkylation sites (N-methyl/N-ethyl adjacent to an activating group) is 1. The average Bonchev–Trinajstić information content (AvgIpc) is 2.69. The van der Waals surface area contributed by atoms with E-state index in [2.05, 4.69) is 16.9 Å². The van der Waals surface area contributed by atoms with E-state index in [1.54, 1.807) is 0 Å². The van der Waals surface area contributed by atoms with E-state index in [-0.39, 0.29) is 0 Å². The van der Waals surface area contributed by atoms with Gasteiger partial charge in [-0.1, -0.05) is 46.2 Å². The van der Waals surface area contributed by atoms with Gasteiger partial charge in [0.25, 0.3) is 0 Å². The molecule has 0 atom stereocenters. The third-order valence-corrected chi connectivity index (χ3v) is 3.03. The molecule has 0 N–H and O–H groups in total. The van der Waals surface area contributed by atoms with Gasteiger partial charge in [-0.25, -0.2) is 0 Å². The highest BCUT2D eigenvalue weighted by atomic mass is 35.5. The van der Waals surface area contributed by atoms with Crippen molar-refractivity contribution in [3.8, 4) is 0 Å². The molecule has 100 valence electrons. The number of hydrogen-bond acceptors (Lipinski definition) is 2. The van der Waals surface area contributed by atoms with Crippen LogP contribution in [0.4, 0.5) is 0 Å². The standard InChI is InChI=1S/C9H14ClN3.2C2H6/c1-3-13-5-4-7-8(6-13)12(2)11-9(7)10;2*1-2/h3-6H2,1-2H3;2*1-2H3. The summed E-state index contributed by atoms with van der Waals surface area (Å²) in [5.41, 5.74) is 2.52. The van der Waals surface area contributed by atoms with E-state index in [1.165, 1.54) is 11.3 Å². The minimum atomic E-state index is 0.688. The zero-order chi connectivity index (χ0) is 13.4. The van der Waals surface area contributed by atoms with Crippen molar-refractivity contribution in [2.45, 2.75) is 47.6 Å². The number of rotatable bonds is 1. The van der Waals surface area contributed by atoms with Gasteiger partial charge in [0.1, 0.15) is 0 Å². The number of hydrogen-bond donors (Lipinski definition) is 0. The number of aryl methyl sites for hydroxylation is 1. The van der Waals surface area contributed by atoms with E-state index in [0.717, 1.165) is 26.1 Å². The summed E-state index contributed by atoms with van der Waals surface area (Å²) in [6.45, 7) is 13.4. The molecule has 2 rings (SSSR count). The molecule has 2 heterocycles. The van der Waals surface area contributed by atoms with Crippen LogP contribution in [0, 0.1) is 0 Å². The first kappa shape index (κ1) is 16.5. The highest BCUT2D eigenvalue weighted by Gasteiger charge is 2.21. The van der Waals surface area contributed by atoms with Gasteiger partial charge in [0.05, 0.1) is 5.69 Å². The summed E-state index contributed by atoms with van der Waals surface area (Å²) < 4.78 is 1.90. The van der Waals surface area contributed by atoms with E-state index in [0.29, 0.717) is 5.15 Å². The lowest BCUT2D eigenvalue weighted by Crippen LogP contribution is -2.30. The van der Waals surface area contributed by atoms with Crippen molar-refractivity contribution < 1.29 is 0 Å². The second-order valence-corrected chi connectivity index (χ2v) is 3.82. The molecule has 0 bridgehead atoms. The molecule has 17 heavy (non-hydrogen) atoms. The Hall–Kier alpha value is -0.540. The largest absolute Gasteiger partial charge is 0.297 e. The number of halogens is 1. The minimum Gasteiger partial charge on any atom is -0.297 e. The molecule has 1 aliphatic rings. The average molecular weight is 260 g/mol. The van der Waals surface area contributed by atoms with Crippen LogP contribution in [0.1, 0.15) is 45.9 Å². The Balaban J connectivity index is 0.000000581. The van der Waals surface area contributed by atoms with Crippen LogP contribution in [-0.4, -0.2) is 27.8 Å². The van der Waals surface area contributed by atoms with E-state index in [1.807, 2.05) is 39.4 Å². The summed E-state index contributed by atoms with van der Waals surface area (Å²) in [7, 11) is 1.96. The van der Waals surface area contributed by atoms with Gasteiger partial charge >= 0.3 is 0 Å². The van der Waals surface area contributed by atoms with Crippen molar-refractivity contribution >= 4 is 11.6 Å². The van der Waals surface area contributed by atoms with Crippen LogP contribution in [0.15, 0.2) is 0 Å². The second kappa shape index (κ2) is 8.54. The second-order valence-electron chi connectivity index (χ2n) is 3.46. The molecule has 0 fully saturated rings. The van der Waals surface area contributed by atoms with E-state index < -0.39 is 0 Å². The fraction of sp³-hybridized carbons (Fsp3) is 0.769. The number of aromatic nitrogens is 2. The van der Waals surface area contributed by atoms with Crippen LogP contribution in [0.3, 0.4) is 0 Å². The van der Waals surface area contributed by atoms with Crippen LogP contribution in [0.5, 0.6) is 0 Å². The van der Waals surface area contributed by atoms with Gasteiger partial charge in [0.15, 0.2) is 5.15 Å². The molecule has 0 unspecified atom stereocenters. The van der Waals surface area contributed by atoms with Crippen molar-refractivity contribution in [1.82, 2.24) is 14.7 Å². The van der Waals surface area contributed by atoms with E-state index in [4.69, 9.17) is 11.6 Å². The van der Waals surface area contributed by atoms with Crippen LogP contribution in [-0.2, 0) is 20.0 Å². The maximum atomic E-state index is 6.00. The fourth-order valence-corrected chi connectivity index (χ4v) is 2.16. The first-order valence-corrected chi connectivity index (χ1v) is 7.02. The van der Waals surface area contributed by atoms with Gasteiger partial charge in [-0.2, -0.15) is 5.10 Å².